The Morgan fingerprint density at radius 2 is 1.94 bits per heavy atom. The van der Waals surface area contributed by atoms with Crippen LogP contribution in [0.2, 0.25) is 0 Å². The van der Waals surface area contributed by atoms with Crippen molar-refractivity contribution in [2.24, 2.45) is 10.2 Å². The zero-order valence-electron chi connectivity index (χ0n) is 7.69. The van der Waals surface area contributed by atoms with E-state index in [4.69, 9.17) is 5.11 Å². The summed E-state index contributed by atoms with van der Waals surface area (Å²) >= 11 is 0. The van der Waals surface area contributed by atoms with Gasteiger partial charge < -0.3 is 5.11 Å². The molecule has 0 bridgehead atoms. The summed E-state index contributed by atoms with van der Waals surface area (Å²) in [4.78, 5) is 10.6. The Kier molecular flexibility index (Phi) is 2.01. The van der Waals surface area contributed by atoms with E-state index in [2.05, 4.69) is 10.2 Å². The summed E-state index contributed by atoms with van der Waals surface area (Å²) < 4.78 is 37.7. The maximum Gasteiger partial charge on any atom is 0.442 e. The number of aromatic carboxylic acids is 1. The fraction of sp³-hybridized carbons (Fsp3) is 0.222. The molecule has 1 aliphatic rings. The van der Waals surface area contributed by atoms with E-state index in [1.165, 1.54) is 12.1 Å². The highest BCUT2D eigenvalue weighted by atomic mass is 19.4. The van der Waals surface area contributed by atoms with Gasteiger partial charge in [-0.05, 0) is 12.1 Å². The molecule has 1 aliphatic heterocycles. The van der Waals surface area contributed by atoms with Crippen molar-refractivity contribution < 1.29 is 23.1 Å². The lowest BCUT2D eigenvalue weighted by Crippen LogP contribution is -2.30. The largest absolute Gasteiger partial charge is 0.478 e. The van der Waals surface area contributed by atoms with Gasteiger partial charge in [0.25, 0.3) is 0 Å². The molecule has 1 heterocycles. The van der Waals surface area contributed by atoms with Gasteiger partial charge in [0.2, 0.25) is 0 Å². The fourth-order valence-corrected chi connectivity index (χ4v) is 1.31. The SMILES string of the molecule is O=C(O)c1cccc(C2(C(F)(F)F)N=N2)c1. The lowest BCUT2D eigenvalue weighted by atomic mass is 10.0. The van der Waals surface area contributed by atoms with E-state index in [1.54, 1.807) is 0 Å². The zero-order valence-corrected chi connectivity index (χ0v) is 7.69. The molecule has 0 radical (unpaired) electrons. The van der Waals surface area contributed by atoms with Gasteiger partial charge in [-0.2, -0.15) is 13.2 Å². The third-order valence-electron chi connectivity index (χ3n) is 2.21. The van der Waals surface area contributed by atoms with Crippen LogP contribution in [-0.2, 0) is 5.66 Å². The number of alkyl halides is 3. The van der Waals surface area contributed by atoms with Crippen LogP contribution in [0.3, 0.4) is 0 Å². The molecule has 0 saturated carbocycles. The molecule has 0 fully saturated rings. The Balaban J connectivity index is 2.42. The predicted octanol–water partition coefficient (Wildman–Crippen LogP) is 2.57. The molecule has 0 saturated heterocycles. The fourth-order valence-electron chi connectivity index (χ4n) is 1.31. The summed E-state index contributed by atoms with van der Waals surface area (Å²) in [6.07, 6.45) is -4.63. The van der Waals surface area contributed by atoms with Crippen LogP contribution in [0.15, 0.2) is 34.5 Å². The Labute approximate surface area is 87.4 Å². The van der Waals surface area contributed by atoms with E-state index >= 15 is 0 Å². The molecular weight excluding hydrogens is 225 g/mol. The first kappa shape index (κ1) is 10.6. The monoisotopic (exact) mass is 230 g/mol. The van der Waals surface area contributed by atoms with Crippen LogP contribution in [0.4, 0.5) is 13.2 Å². The van der Waals surface area contributed by atoms with Gasteiger partial charge in [0.1, 0.15) is 0 Å². The number of benzene rings is 1. The van der Waals surface area contributed by atoms with E-state index in [0.29, 0.717) is 0 Å². The molecule has 0 unspecified atom stereocenters. The molecule has 16 heavy (non-hydrogen) atoms. The quantitative estimate of drug-likeness (QED) is 0.848. The summed E-state index contributed by atoms with van der Waals surface area (Å²) in [5.41, 5.74) is -3.06. The molecule has 0 atom stereocenters. The van der Waals surface area contributed by atoms with E-state index < -0.39 is 17.8 Å². The zero-order chi connectivity index (χ0) is 12.0. The smallest absolute Gasteiger partial charge is 0.442 e. The third kappa shape index (κ3) is 1.44. The molecule has 0 spiro atoms. The first-order valence-corrected chi connectivity index (χ1v) is 4.21. The van der Waals surface area contributed by atoms with Crippen molar-refractivity contribution in [3.8, 4) is 0 Å². The van der Waals surface area contributed by atoms with Gasteiger partial charge >= 0.3 is 17.8 Å². The molecule has 1 N–H and O–H groups in total. The van der Waals surface area contributed by atoms with Crippen molar-refractivity contribution in [1.82, 2.24) is 0 Å². The predicted molar refractivity (Wildman–Crippen MR) is 46.0 cm³/mol. The average Bonchev–Trinajstić information content (AvgIpc) is 2.97. The van der Waals surface area contributed by atoms with Crippen LogP contribution < -0.4 is 0 Å². The molecule has 2 rings (SSSR count). The number of carboxylic acid groups (broad SMARTS) is 1. The summed E-state index contributed by atoms with van der Waals surface area (Å²) in [6, 6.07) is 4.52. The minimum Gasteiger partial charge on any atom is -0.478 e. The van der Waals surface area contributed by atoms with Crippen LogP contribution in [0.25, 0.3) is 0 Å². The van der Waals surface area contributed by atoms with Crippen LogP contribution >= 0.6 is 0 Å². The van der Waals surface area contributed by atoms with Crippen LogP contribution in [-0.4, -0.2) is 17.3 Å². The number of carbonyl (C=O) groups is 1. The highest BCUT2D eigenvalue weighted by molar-refractivity contribution is 5.87. The number of carboxylic acids is 1. The summed E-state index contributed by atoms with van der Waals surface area (Å²) in [5.74, 6) is -1.29. The third-order valence-corrected chi connectivity index (χ3v) is 2.21. The lowest BCUT2D eigenvalue weighted by molar-refractivity contribution is -0.166. The van der Waals surface area contributed by atoms with Gasteiger partial charge in [-0.15, -0.1) is 10.2 Å². The van der Waals surface area contributed by atoms with E-state index in [9.17, 15) is 18.0 Å². The van der Waals surface area contributed by atoms with Gasteiger partial charge in [-0.25, -0.2) is 4.79 Å². The van der Waals surface area contributed by atoms with Crippen molar-refractivity contribution >= 4 is 5.97 Å². The maximum atomic E-state index is 12.6. The molecule has 0 aromatic heterocycles. The Morgan fingerprint density at radius 3 is 2.38 bits per heavy atom. The standard InChI is InChI=1S/C9H5F3N2O2/c10-9(11,12)8(13-14-8)6-3-1-2-5(4-6)7(15)16/h1-4H,(H,15,16). The second kappa shape index (κ2) is 3.03. The molecule has 1 aromatic rings. The lowest BCUT2D eigenvalue weighted by Gasteiger charge is -2.14. The second-order valence-electron chi connectivity index (χ2n) is 3.26. The van der Waals surface area contributed by atoms with Crippen molar-refractivity contribution in [2.45, 2.75) is 11.8 Å². The number of rotatable bonds is 2. The Hall–Kier alpha value is -1.92. The van der Waals surface area contributed by atoms with Gasteiger partial charge in [-0.1, -0.05) is 12.1 Å². The van der Waals surface area contributed by atoms with Crippen LogP contribution in [0, 0.1) is 0 Å². The molecule has 84 valence electrons. The first-order chi connectivity index (χ1) is 7.37. The molecular formula is C9H5F3N2O2. The highest BCUT2D eigenvalue weighted by Crippen LogP contribution is 2.52. The van der Waals surface area contributed by atoms with Crippen LogP contribution in [0.1, 0.15) is 15.9 Å². The topological polar surface area (TPSA) is 62.0 Å². The van der Waals surface area contributed by atoms with Crippen molar-refractivity contribution in [2.75, 3.05) is 0 Å². The molecule has 1 aromatic carbocycles. The summed E-state index contributed by atoms with van der Waals surface area (Å²) in [5, 5.41) is 14.6. The van der Waals surface area contributed by atoms with Gasteiger partial charge in [0, 0.05) is 5.56 Å². The van der Waals surface area contributed by atoms with Crippen molar-refractivity contribution in [3.63, 3.8) is 0 Å². The average molecular weight is 230 g/mol. The second-order valence-corrected chi connectivity index (χ2v) is 3.26. The molecule has 4 nitrogen and oxygen atoms in total. The number of nitrogens with zero attached hydrogens (tertiary/aromatic N) is 2. The van der Waals surface area contributed by atoms with Crippen molar-refractivity contribution in [3.05, 3.63) is 35.4 Å². The molecule has 0 aliphatic carbocycles. The minimum absolute atomic E-state index is 0.224. The van der Waals surface area contributed by atoms with Crippen LogP contribution in [0.5, 0.6) is 0 Å². The Morgan fingerprint density at radius 1 is 1.31 bits per heavy atom. The van der Waals surface area contributed by atoms with E-state index in [0.717, 1.165) is 12.1 Å². The van der Waals surface area contributed by atoms with Gasteiger partial charge in [0.15, 0.2) is 0 Å². The molecule has 0 amide bonds. The maximum absolute atomic E-state index is 12.6. The first-order valence-electron chi connectivity index (χ1n) is 4.21. The normalized spacial score (nSPS) is 17.2. The summed E-state index contributed by atoms with van der Waals surface area (Å²) in [6.45, 7) is 0. The highest BCUT2D eigenvalue weighted by Gasteiger charge is 2.65. The Bertz CT molecular complexity index is 476. The number of halogens is 3. The van der Waals surface area contributed by atoms with Gasteiger partial charge in [0.05, 0.1) is 5.56 Å². The van der Waals surface area contributed by atoms with E-state index in [-0.39, 0.29) is 11.1 Å². The summed E-state index contributed by atoms with van der Waals surface area (Å²) in [7, 11) is 0. The minimum atomic E-state index is -4.63. The molecule has 7 heteroatoms. The van der Waals surface area contributed by atoms with Gasteiger partial charge in [-0.3, -0.25) is 0 Å². The van der Waals surface area contributed by atoms with E-state index in [1.807, 2.05) is 0 Å². The number of hydrogen-bond acceptors (Lipinski definition) is 3. The number of hydrogen-bond donors (Lipinski definition) is 1. The van der Waals surface area contributed by atoms with Crippen molar-refractivity contribution in [1.29, 1.82) is 0 Å².